The smallest absolute Gasteiger partial charge is 0.318 e. The standard InChI is InChI=1S/C19H11F2NO6S/c1-29(24,25)14-3-2-13(28-12-7-10(9-22)6-11(20)8-12)15-16(14)19(18(21)17(15)23)26-4-5-27-19/h2-8,18H,1H3. The molecule has 148 valence electrons. The van der Waals surface area contributed by atoms with Crippen LogP contribution in [0.3, 0.4) is 0 Å². The number of halogens is 2. The fourth-order valence-corrected chi connectivity index (χ4v) is 4.24. The van der Waals surface area contributed by atoms with Crippen LogP contribution in [0.15, 0.2) is 47.8 Å². The topological polar surface area (TPSA) is 103 Å². The Morgan fingerprint density at radius 3 is 2.52 bits per heavy atom. The molecule has 0 radical (unpaired) electrons. The SMILES string of the molecule is CS(=O)(=O)c1ccc(Oc2cc(F)cc(C#N)c2)c2c1C1(OC=CO1)C(F)C2=O. The zero-order valence-electron chi connectivity index (χ0n) is 14.7. The fourth-order valence-electron chi connectivity index (χ4n) is 3.31. The van der Waals surface area contributed by atoms with Crippen molar-refractivity contribution in [2.45, 2.75) is 16.9 Å². The molecule has 0 bridgehead atoms. The molecule has 2 aromatic rings. The van der Waals surface area contributed by atoms with Crippen LogP contribution in [0, 0.1) is 17.1 Å². The zero-order valence-corrected chi connectivity index (χ0v) is 15.5. The monoisotopic (exact) mass is 419 g/mol. The first-order valence-corrected chi connectivity index (χ1v) is 10.0. The first-order chi connectivity index (χ1) is 13.7. The molecule has 0 fully saturated rings. The molecule has 1 atom stereocenters. The van der Waals surface area contributed by atoms with Gasteiger partial charge in [-0.3, -0.25) is 4.79 Å². The summed E-state index contributed by atoms with van der Waals surface area (Å²) in [4.78, 5) is 12.3. The number of carbonyl (C=O) groups excluding carboxylic acids is 1. The number of hydrogen-bond acceptors (Lipinski definition) is 7. The summed E-state index contributed by atoms with van der Waals surface area (Å²) < 4.78 is 69.1. The molecule has 10 heteroatoms. The number of Topliss-reactive ketones (excluding diaryl/α,β-unsaturated/α-hetero) is 1. The molecule has 2 aromatic carbocycles. The summed E-state index contributed by atoms with van der Waals surface area (Å²) in [6.07, 6.45) is 0.529. The van der Waals surface area contributed by atoms with Gasteiger partial charge in [-0.05, 0) is 24.3 Å². The van der Waals surface area contributed by atoms with Crippen molar-refractivity contribution >= 4 is 15.6 Å². The zero-order chi connectivity index (χ0) is 21.0. The van der Waals surface area contributed by atoms with Crippen LogP contribution in [-0.4, -0.2) is 26.6 Å². The lowest BCUT2D eigenvalue weighted by Gasteiger charge is -2.26. The number of hydrogen-bond donors (Lipinski definition) is 0. The number of benzene rings is 2. The molecule has 1 spiro atoms. The van der Waals surface area contributed by atoms with Crippen LogP contribution in [0.5, 0.6) is 11.5 Å². The van der Waals surface area contributed by atoms with Crippen molar-refractivity contribution in [3.8, 4) is 17.6 Å². The number of ether oxygens (including phenoxy) is 3. The predicted molar refractivity (Wildman–Crippen MR) is 93.0 cm³/mol. The van der Waals surface area contributed by atoms with E-state index in [1.165, 1.54) is 6.07 Å². The first kappa shape index (κ1) is 18.9. The Balaban J connectivity index is 1.94. The van der Waals surface area contributed by atoms with Crippen molar-refractivity contribution in [1.82, 2.24) is 0 Å². The van der Waals surface area contributed by atoms with Crippen LogP contribution in [0.25, 0.3) is 0 Å². The molecule has 1 aliphatic carbocycles. The van der Waals surface area contributed by atoms with Gasteiger partial charge >= 0.3 is 5.79 Å². The van der Waals surface area contributed by atoms with Crippen LogP contribution in [0.4, 0.5) is 8.78 Å². The van der Waals surface area contributed by atoms with E-state index >= 15 is 0 Å². The third-order valence-electron chi connectivity index (χ3n) is 4.46. The number of nitrogens with zero attached hydrogens (tertiary/aromatic N) is 1. The van der Waals surface area contributed by atoms with Gasteiger partial charge in [0.2, 0.25) is 12.0 Å². The maximum atomic E-state index is 14.9. The molecular weight excluding hydrogens is 408 g/mol. The molecule has 1 heterocycles. The number of carbonyl (C=O) groups is 1. The highest BCUT2D eigenvalue weighted by atomic mass is 32.2. The van der Waals surface area contributed by atoms with Crippen LogP contribution in [0.1, 0.15) is 21.5 Å². The quantitative estimate of drug-likeness (QED) is 0.753. The summed E-state index contributed by atoms with van der Waals surface area (Å²) in [5, 5.41) is 8.97. The Morgan fingerprint density at radius 1 is 1.21 bits per heavy atom. The minimum absolute atomic E-state index is 0.0396. The Labute approximate surface area is 163 Å². The minimum atomic E-state index is -3.91. The third-order valence-corrected chi connectivity index (χ3v) is 5.60. The Bertz CT molecular complexity index is 1220. The van der Waals surface area contributed by atoms with E-state index in [-0.39, 0.29) is 27.5 Å². The van der Waals surface area contributed by atoms with E-state index in [9.17, 15) is 22.0 Å². The molecule has 7 nitrogen and oxygen atoms in total. The van der Waals surface area contributed by atoms with Crippen molar-refractivity contribution in [3.63, 3.8) is 0 Å². The average Bonchev–Trinajstić information content (AvgIpc) is 3.22. The van der Waals surface area contributed by atoms with Crippen LogP contribution >= 0.6 is 0 Å². The summed E-state index contributed by atoms with van der Waals surface area (Å²) in [5.74, 6) is -4.52. The van der Waals surface area contributed by atoms with Crippen LogP contribution in [0.2, 0.25) is 0 Å². The normalized spacial score (nSPS) is 18.8. The molecule has 0 amide bonds. The number of nitriles is 1. The molecule has 4 rings (SSSR count). The van der Waals surface area contributed by atoms with E-state index in [0.717, 1.165) is 43.0 Å². The molecular formula is C19H11F2NO6S. The van der Waals surface area contributed by atoms with Gasteiger partial charge in [0.25, 0.3) is 0 Å². The van der Waals surface area contributed by atoms with Gasteiger partial charge < -0.3 is 14.2 Å². The molecule has 0 saturated carbocycles. The summed E-state index contributed by atoms with van der Waals surface area (Å²) in [6.45, 7) is 0. The lowest BCUT2D eigenvalue weighted by molar-refractivity contribution is -0.179. The average molecular weight is 419 g/mol. The van der Waals surface area contributed by atoms with Gasteiger partial charge in [0, 0.05) is 12.3 Å². The summed E-state index contributed by atoms with van der Waals surface area (Å²) in [6, 6.07) is 7.18. The minimum Gasteiger partial charge on any atom is -0.456 e. The fraction of sp³-hybridized carbons (Fsp3) is 0.158. The number of rotatable bonds is 3. The van der Waals surface area contributed by atoms with Crippen LogP contribution in [-0.2, 0) is 25.1 Å². The van der Waals surface area contributed by atoms with Gasteiger partial charge in [0.1, 0.15) is 29.8 Å². The molecule has 0 saturated heterocycles. The lowest BCUT2D eigenvalue weighted by atomic mass is 10.1. The van der Waals surface area contributed by atoms with E-state index in [0.29, 0.717) is 0 Å². The van der Waals surface area contributed by atoms with E-state index in [2.05, 4.69) is 0 Å². The number of ketones is 1. The molecule has 2 aliphatic rings. The Kier molecular flexibility index (Phi) is 4.09. The predicted octanol–water partition coefficient (Wildman–Crippen LogP) is 3.10. The summed E-state index contributed by atoms with van der Waals surface area (Å²) in [7, 11) is -3.91. The van der Waals surface area contributed by atoms with Crippen molar-refractivity contribution < 1.29 is 36.2 Å². The molecule has 0 aromatic heterocycles. The van der Waals surface area contributed by atoms with Crippen molar-refractivity contribution in [1.29, 1.82) is 5.26 Å². The molecule has 1 aliphatic heterocycles. The second-order valence-corrected chi connectivity index (χ2v) is 8.36. The third kappa shape index (κ3) is 2.82. The summed E-state index contributed by atoms with van der Waals surface area (Å²) >= 11 is 0. The Hall–Kier alpha value is -3.45. The summed E-state index contributed by atoms with van der Waals surface area (Å²) in [5.41, 5.74) is -0.772. The van der Waals surface area contributed by atoms with Crippen LogP contribution < -0.4 is 4.74 Å². The second kappa shape index (κ2) is 6.28. The highest BCUT2D eigenvalue weighted by Crippen LogP contribution is 2.51. The maximum Gasteiger partial charge on any atom is 0.318 e. The lowest BCUT2D eigenvalue weighted by Crippen LogP contribution is -2.37. The number of sulfone groups is 1. The van der Waals surface area contributed by atoms with E-state index in [1.807, 2.05) is 0 Å². The van der Waals surface area contributed by atoms with Gasteiger partial charge in [-0.15, -0.1) is 0 Å². The maximum absolute atomic E-state index is 14.9. The van der Waals surface area contributed by atoms with Gasteiger partial charge in [0.15, 0.2) is 9.84 Å². The highest BCUT2D eigenvalue weighted by molar-refractivity contribution is 7.90. The van der Waals surface area contributed by atoms with Crippen molar-refractivity contribution in [2.24, 2.45) is 0 Å². The first-order valence-electron chi connectivity index (χ1n) is 8.12. The van der Waals surface area contributed by atoms with Gasteiger partial charge in [0.05, 0.1) is 27.7 Å². The van der Waals surface area contributed by atoms with Gasteiger partial charge in [-0.25, -0.2) is 17.2 Å². The van der Waals surface area contributed by atoms with Gasteiger partial charge in [-0.1, -0.05) is 0 Å². The van der Waals surface area contributed by atoms with E-state index in [1.54, 1.807) is 6.07 Å². The molecule has 0 N–H and O–H groups in total. The highest BCUT2D eigenvalue weighted by Gasteiger charge is 2.61. The molecule has 1 unspecified atom stereocenters. The number of alkyl halides is 1. The van der Waals surface area contributed by atoms with E-state index < -0.39 is 39.0 Å². The molecule has 29 heavy (non-hydrogen) atoms. The van der Waals surface area contributed by atoms with E-state index in [4.69, 9.17) is 19.5 Å². The van der Waals surface area contributed by atoms with Crippen molar-refractivity contribution in [3.05, 3.63) is 65.4 Å². The second-order valence-electron chi connectivity index (χ2n) is 6.38. The van der Waals surface area contributed by atoms with Crippen molar-refractivity contribution in [2.75, 3.05) is 6.26 Å². The number of fused-ring (bicyclic) bond motifs is 2. The largest absolute Gasteiger partial charge is 0.456 e. The Morgan fingerprint density at radius 2 is 1.90 bits per heavy atom. The van der Waals surface area contributed by atoms with Gasteiger partial charge in [-0.2, -0.15) is 5.26 Å².